The van der Waals surface area contributed by atoms with Crippen molar-refractivity contribution in [1.82, 2.24) is 5.32 Å². The molecule has 0 radical (unpaired) electrons. The van der Waals surface area contributed by atoms with Crippen molar-refractivity contribution in [3.05, 3.63) is 0 Å². The van der Waals surface area contributed by atoms with Crippen molar-refractivity contribution < 1.29 is 0 Å². The van der Waals surface area contributed by atoms with E-state index in [1.807, 2.05) is 0 Å². The lowest BCUT2D eigenvalue weighted by Gasteiger charge is -2.24. The summed E-state index contributed by atoms with van der Waals surface area (Å²) in [6, 6.07) is 0.791. The van der Waals surface area contributed by atoms with Crippen molar-refractivity contribution in [3.63, 3.8) is 0 Å². The van der Waals surface area contributed by atoms with E-state index < -0.39 is 0 Å². The summed E-state index contributed by atoms with van der Waals surface area (Å²) in [6.45, 7) is 3.38. The first kappa shape index (κ1) is 17.6. The standard InChI is InChI=1S/C14H29NS.ClH/c1-2-3-4-8-11-14(16)12-15-13-9-6-5-7-10-13;/h13-16H,2-12H2,1H3;1H. The summed E-state index contributed by atoms with van der Waals surface area (Å²) >= 11 is 4.67. The number of rotatable bonds is 8. The molecule has 0 saturated heterocycles. The Morgan fingerprint density at radius 1 is 1.12 bits per heavy atom. The first-order valence-electron chi connectivity index (χ1n) is 7.24. The summed E-state index contributed by atoms with van der Waals surface area (Å²) < 4.78 is 0. The Balaban J connectivity index is 0.00000256. The lowest BCUT2D eigenvalue weighted by Crippen LogP contribution is -2.35. The van der Waals surface area contributed by atoms with E-state index in [0.717, 1.165) is 12.6 Å². The van der Waals surface area contributed by atoms with E-state index in [4.69, 9.17) is 0 Å². The van der Waals surface area contributed by atoms with Crippen molar-refractivity contribution in [1.29, 1.82) is 0 Å². The van der Waals surface area contributed by atoms with Crippen LogP contribution in [0.1, 0.15) is 71.1 Å². The Morgan fingerprint density at radius 2 is 1.82 bits per heavy atom. The number of hydrogen-bond donors (Lipinski definition) is 2. The van der Waals surface area contributed by atoms with Crippen LogP contribution in [-0.4, -0.2) is 17.8 Å². The highest BCUT2D eigenvalue weighted by atomic mass is 35.5. The molecule has 1 atom stereocenters. The molecule has 0 aliphatic heterocycles. The Bertz CT molecular complexity index is 160. The highest BCUT2D eigenvalue weighted by molar-refractivity contribution is 7.81. The average molecular weight is 280 g/mol. The Morgan fingerprint density at radius 3 is 2.47 bits per heavy atom. The molecule has 1 aliphatic rings. The summed E-state index contributed by atoms with van der Waals surface area (Å²) in [7, 11) is 0. The molecule has 104 valence electrons. The van der Waals surface area contributed by atoms with Gasteiger partial charge in [-0.15, -0.1) is 12.4 Å². The fourth-order valence-electron chi connectivity index (χ4n) is 2.52. The molecule has 1 saturated carbocycles. The second kappa shape index (κ2) is 11.7. The predicted octanol–water partition coefficient (Wildman–Crippen LogP) is 4.60. The van der Waals surface area contributed by atoms with Crippen LogP contribution >= 0.6 is 25.0 Å². The molecule has 0 amide bonds. The largest absolute Gasteiger partial charge is 0.313 e. The molecule has 3 heteroatoms. The molecule has 1 fully saturated rings. The molecule has 1 nitrogen and oxygen atoms in total. The summed E-state index contributed by atoms with van der Waals surface area (Å²) in [5.74, 6) is 0. The molecular weight excluding hydrogens is 250 g/mol. The maximum absolute atomic E-state index is 4.67. The number of nitrogens with one attached hydrogen (secondary N) is 1. The minimum absolute atomic E-state index is 0. The number of unbranched alkanes of at least 4 members (excludes halogenated alkanes) is 3. The predicted molar refractivity (Wildman–Crippen MR) is 83.7 cm³/mol. The van der Waals surface area contributed by atoms with Crippen LogP contribution in [0.25, 0.3) is 0 Å². The van der Waals surface area contributed by atoms with Crippen molar-refractivity contribution in [2.45, 2.75) is 82.4 Å². The fraction of sp³-hybridized carbons (Fsp3) is 1.00. The zero-order valence-corrected chi connectivity index (χ0v) is 13.0. The summed E-state index contributed by atoms with van der Waals surface area (Å²) in [6.07, 6.45) is 13.8. The molecule has 0 spiro atoms. The SMILES string of the molecule is CCCCCCC(S)CNC1CCCCC1.Cl. The molecule has 17 heavy (non-hydrogen) atoms. The van der Waals surface area contributed by atoms with Gasteiger partial charge in [-0.05, 0) is 19.3 Å². The molecule has 0 aromatic rings. The van der Waals surface area contributed by atoms with Crippen molar-refractivity contribution in [2.75, 3.05) is 6.54 Å². The molecule has 1 N–H and O–H groups in total. The average Bonchev–Trinajstić information content (AvgIpc) is 2.33. The van der Waals surface area contributed by atoms with Crippen LogP contribution < -0.4 is 5.32 Å². The van der Waals surface area contributed by atoms with E-state index in [2.05, 4.69) is 24.9 Å². The normalized spacial score (nSPS) is 18.7. The summed E-state index contributed by atoms with van der Waals surface area (Å²) in [5.41, 5.74) is 0. The second-order valence-corrected chi connectivity index (χ2v) is 5.98. The molecule has 1 rings (SSSR count). The minimum atomic E-state index is 0. The quantitative estimate of drug-likeness (QED) is 0.489. The van der Waals surface area contributed by atoms with Gasteiger partial charge in [0.1, 0.15) is 0 Å². The zero-order valence-electron chi connectivity index (χ0n) is 11.3. The monoisotopic (exact) mass is 279 g/mol. The van der Waals surface area contributed by atoms with Gasteiger partial charge in [-0.25, -0.2) is 0 Å². The zero-order chi connectivity index (χ0) is 11.6. The van der Waals surface area contributed by atoms with E-state index in [-0.39, 0.29) is 12.4 Å². The van der Waals surface area contributed by atoms with E-state index in [0.29, 0.717) is 5.25 Å². The van der Waals surface area contributed by atoms with E-state index >= 15 is 0 Å². The van der Waals surface area contributed by atoms with E-state index in [9.17, 15) is 0 Å². The van der Waals surface area contributed by atoms with Crippen LogP contribution in [0.3, 0.4) is 0 Å². The Kier molecular flexibility index (Phi) is 12.1. The van der Waals surface area contributed by atoms with Gasteiger partial charge in [0.25, 0.3) is 0 Å². The lowest BCUT2D eigenvalue weighted by molar-refractivity contribution is 0.372. The third kappa shape index (κ3) is 9.21. The molecule has 0 aromatic carbocycles. The molecule has 1 aliphatic carbocycles. The first-order valence-corrected chi connectivity index (χ1v) is 7.76. The minimum Gasteiger partial charge on any atom is -0.313 e. The fourth-order valence-corrected chi connectivity index (χ4v) is 2.81. The van der Waals surface area contributed by atoms with Crippen LogP contribution in [-0.2, 0) is 0 Å². The van der Waals surface area contributed by atoms with Crippen molar-refractivity contribution in [3.8, 4) is 0 Å². The van der Waals surface area contributed by atoms with Crippen molar-refractivity contribution in [2.24, 2.45) is 0 Å². The summed E-state index contributed by atoms with van der Waals surface area (Å²) in [4.78, 5) is 0. The topological polar surface area (TPSA) is 12.0 Å². The van der Waals surface area contributed by atoms with E-state index in [1.165, 1.54) is 64.2 Å². The Hall–Kier alpha value is 0.600. The van der Waals surface area contributed by atoms with Gasteiger partial charge in [0.15, 0.2) is 0 Å². The van der Waals surface area contributed by atoms with Crippen LogP contribution in [0.2, 0.25) is 0 Å². The van der Waals surface area contributed by atoms with Crippen LogP contribution in [0.15, 0.2) is 0 Å². The van der Waals surface area contributed by atoms with E-state index in [1.54, 1.807) is 0 Å². The van der Waals surface area contributed by atoms with Gasteiger partial charge in [0, 0.05) is 17.8 Å². The van der Waals surface area contributed by atoms with Crippen LogP contribution in [0.5, 0.6) is 0 Å². The lowest BCUT2D eigenvalue weighted by atomic mass is 9.95. The highest BCUT2D eigenvalue weighted by Gasteiger charge is 2.13. The van der Waals surface area contributed by atoms with Crippen molar-refractivity contribution >= 4 is 25.0 Å². The summed E-state index contributed by atoms with van der Waals surface area (Å²) in [5, 5.41) is 4.25. The number of halogens is 1. The van der Waals surface area contributed by atoms with Gasteiger partial charge >= 0.3 is 0 Å². The van der Waals surface area contributed by atoms with Crippen LogP contribution in [0, 0.1) is 0 Å². The van der Waals surface area contributed by atoms with Crippen LogP contribution in [0.4, 0.5) is 0 Å². The smallest absolute Gasteiger partial charge is 0.0142 e. The van der Waals surface area contributed by atoms with Gasteiger partial charge in [-0.1, -0.05) is 51.9 Å². The maximum atomic E-state index is 4.67. The third-order valence-corrected chi connectivity index (χ3v) is 4.08. The van der Waals surface area contributed by atoms with Gasteiger partial charge in [-0.2, -0.15) is 12.6 Å². The van der Waals surface area contributed by atoms with Gasteiger partial charge < -0.3 is 5.32 Å². The third-order valence-electron chi connectivity index (χ3n) is 3.64. The maximum Gasteiger partial charge on any atom is 0.0142 e. The molecular formula is C14H30ClNS. The second-order valence-electron chi connectivity index (χ2n) is 5.25. The van der Waals surface area contributed by atoms with Gasteiger partial charge in [0.2, 0.25) is 0 Å². The van der Waals surface area contributed by atoms with Gasteiger partial charge in [-0.3, -0.25) is 0 Å². The Labute approximate surface area is 119 Å². The first-order chi connectivity index (χ1) is 7.83. The number of hydrogen-bond acceptors (Lipinski definition) is 2. The molecule has 0 heterocycles. The molecule has 1 unspecified atom stereocenters. The highest BCUT2D eigenvalue weighted by Crippen LogP contribution is 2.18. The molecule has 0 aromatic heterocycles. The molecule has 0 bridgehead atoms. The number of thiol groups is 1. The van der Waals surface area contributed by atoms with Gasteiger partial charge in [0.05, 0.1) is 0 Å².